The molecule has 0 saturated carbocycles. The molecule has 254 valence electrons. The number of hydrogen-bond donors (Lipinski definition) is 2. The fraction of sp³-hybridized carbons (Fsp3) is 0.297. The lowest BCUT2D eigenvalue weighted by molar-refractivity contribution is -0.128. The Morgan fingerprint density at radius 3 is 2.47 bits per heavy atom. The van der Waals surface area contributed by atoms with E-state index in [1.165, 1.54) is 0 Å². The molecule has 1 aliphatic rings. The summed E-state index contributed by atoms with van der Waals surface area (Å²) in [5.74, 6) is 1.87. The first-order valence-corrected chi connectivity index (χ1v) is 16.6. The van der Waals surface area contributed by atoms with Gasteiger partial charge in [0.15, 0.2) is 23.1 Å². The van der Waals surface area contributed by atoms with Crippen LogP contribution in [0.5, 0.6) is 17.2 Å². The molecule has 0 radical (unpaired) electrons. The summed E-state index contributed by atoms with van der Waals surface area (Å²) in [6.45, 7) is 0.880. The number of aliphatic hydroxyl groups is 1. The minimum atomic E-state index is -1.44. The zero-order chi connectivity index (χ0) is 34.6. The summed E-state index contributed by atoms with van der Waals surface area (Å²) in [5, 5.41) is 16.1. The summed E-state index contributed by atoms with van der Waals surface area (Å²) in [5.41, 5.74) is 11.6. The van der Waals surface area contributed by atoms with E-state index in [9.17, 15) is 4.79 Å². The van der Waals surface area contributed by atoms with E-state index >= 15 is 0 Å². The summed E-state index contributed by atoms with van der Waals surface area (Å²) < 4.78 is 24.0. The summed E-state index contributed by atoms with van der Waals surface area (Å²) in [6.07, 6.45) is 0.414. The molecule has 11 nitrogen and oxygen atoms in total. The van der Waals surface area contributed by atoms with Crippen molar-refractivity contribution in [1.82, 2.24) is 5.32 Å². The standard InChI is InChI=1S/C37H38BrN5O6/c1-46-32-17-12-25(22-33(32)47-2)18-19-40-36(45)37(23-27-8-3-4-9-28(27)24-41-43-39)34(30-10-5-6-11-31(30)38)49-35(42-37)26-13-15-29(16-14-26)48-21-7-20-44/h3-6,8-17,22,34,44H,7,18-21,23-24H2,1-2H3,(H,40,45)/t34-,37-/m1/s1. The number of hydrogen-bond acceptors (Lipinski definition) is 8. The largest absolute Gasteiger partial charge is 0.494 e. The number of ether oxygens (including phenoxy) is 4. The highest BCUT2D eigenvalue weighted by Crippen LogP contribution is 2.45. The molecule has 49 heavy (non-hydrogen) atoms. The highest BCUT2D eigenvalue weighted by molar-refractivity contribution is 9.10. The van der Waals surface area contributed by atoms with Gasteiger partial charge in [0.25, 0.3) is 5.91 Å². The lowest BCUT2D eigenvalue weighted by atomic mass is 9.81. The van der Waals surface area contributed by atoms with Crippen LogP contribution in [0.2, 0.25) is 0 Å². The maximum atomic E-state index is 14.7. The molecule has 4 aromatic rings. The molecule has 0 spiro atoms. The summed E-state index contributed by atoms with van der Waals surface area (Å²) in [6, 6.07) is 28.2. The number of rotatable bonds is 16. The normalized spacial score (nSPS) is 16.6. The van der Waals surface area contributed by atoms with E-state index in [1.54, 1.807) is 14.2 Å². The topological polar surface area (TPSA) is 147 Å². The van der Waals surface area contributed by atoms with Crippen molar-refractivity contribution in [3.05, 3.63) is 134 Å². The average molecular weight is 729 g/mol. The third-order valence-electron chi connectivity index (χ3n) is 8.25. The minimum Gasteiger partial charge on any atom is -0.494 e. The number of carbonyl (C=O) groups excluding carboxylic acids is 1. The van der Waals surface area contributed by atoms with Gasteiger partial charge in [-0.25, -0.2) is 4.99 Å². The predicted molar refractivity (Wildman–Crippen MR) is 190 cm³/mol. The molecule has 1 aliphatic heterocycles. The molecule has 2 N–H and O–H groups in total. The molecular weight excluding hydrogens is 690 g/mol. The number of benzene rings is 4. The van der Waals surface area contributed by atoms with Gasteiger partial charge in [0.05, 0.1) is 27.4 Å². The van der Waals surface area contributed by atoms with Crippen molar-refractivity contribution in [2.24, 2.45) is 10.1 Å². The molecule has 2 atom stereocenters. The highest BCUT2D eigenvalue weighted by Gasteiger charge is 2.54. The van der Waals surface area contributed by atoms with Crippen molar-refractivity contribution in [2.75, 3.05) is 34.0 Å². The second-order valence-corrected chi connectivity index (χ2v) is 12.2. The number of amides is 1. The van der Waals surface area contributed by atoms with E-state index in [0.29, 0.717) is 54.7 Å². The van der Waals surface area contributed by atoms with Crippen LogP contribution in [0.1, 0.15) is 40.3 Å². The lowest BCUT2D eigenvalue weighted by Gasteiger charge is -2.32. The van der Waals surface area contributed by atoms with Crippen LogP contribution in [-0.2, 0) is 28.9 Å². The number of methoxy groups -OCH3 is 2. The lowest BCUT2D eigenvalue weighted by Crippen LogP contribution is -2.50. The molecule has 5 rings (SSSR count). The Morgan fingerprint density at radius 1 is 1.02 bits per heavy atom. The predicted octanol–water partition coefficient (Wildman–Crippen LogP) is 6.90. The minimum absolute atomic E-state index is 0.0452. The molecule has 0 fully saturated rings. The van der Waals surface area contributed by atoms with Crippen LogP contribution in [0, 0.1) is 0 Å². The van der Waals surface area contributed by atoms with Crippen LogP contribution in [0.15, 0.2) is 106 Å². The van der Waals surface area contributed by atoms with Gasteiger partial charge in [0.1, 0.15) is 5.75 Å². The van der Waals surface area contributed by atoms with E-state index in [0.717, 1.165) is 26.7 Å². The molecule has 0 bridgehead atoms. The maximum absolute atomic E-state index is 14.7. The van der Waals surface area contributed by atoms with Crippen molar-refractivity contribution >= 4 is 27.7 Å². The van der Waals surface area contributed by atoms with Crippen LogP contribution in [0.25, 0.3) is 10.4 Å². The Bertz CT molecular complexity index is 1830. The van der Waals surface area contributed by atoms with Crippen LogP contribution in [0.4, 0.5) is 0 Å². The molecule has 1 amide bonds. The first-order chi connectivity index (χ1) is 23.9. The van der Waals surface area contributed by atoms with Crippen LogP contribution >= 0.6 is 15.9 Å². The SMILES string of the molecule is COc1ccc(CCNC(=O)[C@]2(Cc3ccccc3CN=[N+]=[N-])N=C(c3ccc(OCCCO)cc3)O[C@@H]2c2ccccc2Br)cc1OC. The van der Waals surface area contributed by atoms with Gasteiger partial charge in [-0.3, -0.25) is 4.79 Å². The molecule has 0 saturated heterocycles. The molecule has 0 aromatic heterocycles. The monoisotopic (exact) mass is 727 g/mol. The van der Waals surface area contributed by atoms with Crippen molar-refractivity contribution in [3.8, 4) is 17.2 Å². The summed E-state index contributed by atoms with van der Waals surface area (Å²) in [4.78, 5) is 22.8. The quantitative estimate of drug-likeness (QED) is 0.0556. The van der Waals surface area contributed by atoms with Gasteiger partial charge in [0.2, 0.25) is 5.90 Å². The van der Waals surface area contributed by atoms with Crippen LogP contribution in [-0.4, -0.2) is 56.4 Å². The van der Waals surface area contributed by atoms with Gasteiger partial charge in [-0.05, 0) is 71.1 Å². The van der Waals surface area contributed by atoms with E-state index in [4.69, 9.17) is 34.6 Å². The molecule has 4 aromatic carbocycles. The fourth-order valence-corrected chi connectivity index (χ4v) is 6.23. The molecule has 0 aliphatic carbocycles. The molecule has 12 heteroatoms. The number of nitrogens with zero attached hydrogens (tertiary/aromatic N) is 4. The van der Waals surface area contributed by atoms with E-state index in [1.807, 2.05) is 91.0 Å². The van der Waals surface area contributed by atoms with E-state index in [2.05, 4.69) is 31.3 Å². The maximum Gasteiger partial charge on any atom is 0.252 e. The van der Waals surface area contributed by atoms with E-state index in [-0.39, 0.29) is 25.5 Å². The Balaban J connectivity index is 1.55. The third-order valence-corrected chi connectivity index (χ3v) is 8.97. The first-order valence-electron chi connectivity index (χ1n) is 15.8. The average Bonchev–Trinajstić information content (AvgIpc) is 3.51. The highest BCUT2D eigenvalue weighted by atomic mass is 79.9. The Labute approximate surface area is 293 Å². The fourth-order valence-electron chi connectivity index (χ4n) is 5.74. The summed E-state index contributed by atoms with van der Waals surface area (Å²) in [7, 11) is 3.17. The molecule has 1 heterocycles. The molecule has 0 unspecified atom stereocenters. The first kappa shape index (κ1) is 35.3. The number of nitrogens with one attached hydrogen (secondary N) is 1. The number of azide groups is 1. The van der Waals surface area contributed by atoms with Crippen LogP contribution in [0.3, 0.4) is 0 Å². The van der Waals surface area contributed by atoms with Crippen molar-refractivity contribution in [3.63, 3.8) is 0 Å². The van der Waals surface area contributed by atoms with Crippen LogP contribution < -0.4 is 19.5 Å². The zero-order valence-corrected chi connectivity index (χ0v) is 28.9. The number of aliphatic imine (C=N–C) groups is 1. The van der Waals surface area contributed by atoms with Crippen molar-refractivity contribution < 1.29 is 28.8 Å². The number of aliphatic hydroxyl groups excluding tert-OH is 1. The van der Waals surface area contributed by atoms with Gasteiger partial charge >= 0.3 is 0 Å². The molecular formula is C37H38BrN5O6. The Morgan fingerprint density at radius 2 is 1.76 bits per heavy atom. The van der Waals surface area contributed by atoms with Gasteiger partial charge in [-0.1, -0.05) is 69.6 Å². The van der Waals surface area contributed by atoms with Crippen molar-refractivity contribution in [2.45, 2.75) is 37.5 Å². The van der Waals surface area contributed by atoms with E-state index < -0.39 is 11.6 Å². The van der Waals surface area contributed by atoms with Gasteiger partial charge in [-0.15, -0.1) is 0 Å². The van der Waals surface area contributed by atoms with Gasteiger partial charge in [-0.2, -0.15) is 0 Å². The second kappa shape index (κ2) is 16.9. The number of carbonyl (C=O) groups is 1. The Hall–Kier alpha value is -5.03. The van der Waals surface area contributed by atoms with Gasteiger partial charge < -0.3 is 29.4 Å². The van der Waals surface area contributed by atoms with Crippen molar-refractivity contribution in [1.29, 1.82) is 0 Å². The third kappa shape index (κ3) is 8.34. The summed E-state index contributed by atoms with van der Waals surface area (Å²) >= 11 is 3.69. The zero-order valence-electron chi connectivity index (χ0n) is 27.3. The smallest absolute Gasteiger partial charge is 0.252 e. The van der Waals surface area contributed by atoms with Gasteiger partial charge in [0, 0.05) is 46.5 Å². The Kier molecular flexibility index (Phi) is 12.2. The second-order valence-electron chi connectivity index (χ2n) is 11.3. The number of halogens is 1.